The van der Waals surface area contributed by atoms with Crippen molar-refractivity contribution in [3.63, 3.8) is 0 Å². The van der Waals surface area contributed by atoms with Gasteiger partial charge in [0.1, 0.15) is 0 Å². The first-order chi connectivity index (χ1) is 37.0. The molecular weight excluding hydrogens is 1000 g/mol. The summed E-state index contributed by atoms with van der Waals surface area (Å²) in [4.78, 5) is 115. The molecule has 0 saturated heterocycles. The summed E-state index contributed by atoms with van der Waals surface area (Å²) in [6.07, 6.45) is 19.9. The highest BCUT2D eigenvalue weighted by atomic mass is 19.4. The van der Waals surface area contributed by atoms with E-state index in [4.69, 9.17) is 0 Å². The molecule has 77 heavy (non-hydrogen) atoms. The minimum Gasteiger partial charge on any atom is -0.337 e. The van der Waals surface area contributed by atoms with E-state index in [9.17, 15) is 56.3 Å². The topological polar surface area (TPSA) is 252 Å². The summed E-state index contributed by atoms with van der Waals surface area (Å²) in [5, 5.41) is 8.00. The zero-order valence-electron chi connectivity index (χ0n) is 44.6. The molecule has 6 rings (SSSR count). The van der Waals surface area contributed by atoms with Crippen LogP contribution in [0.15, 0.2) is 102 Å². The maximum Gasteiger partial charge on any atom is 0.417 e. The SMILES string of the molecule is CCCCCCNC(=O)n1cc(-c2ccccc2C(F)(F)F)c(=O)[nH]c1=O.CCCCCCNC(=O)n1cc(CCC2CCCCC2)c(=O)[nH]c1=O.CCCCCCNC(=O)n1cc(CCc2ccccc2)c(=O)[nH]c1=O. The predicted molar refractivity (Wildman–Crippen MR) is 292 cm³/mol. The Morgan fingerprint density at radius 3 is 1.40 bits per heavy atom. The molecule has 0 bridgehead atoms. The molecule has 3 heterocycles. The molecule has 3 amide bonds. The van der Waals surface area contributed by atoms with E-state index in [0.717, 1.165) is 110 Å². The zero-order valence-corrected chi connectivity index (χ0v) is 44.6. The summed E-state index contributed by atoms with van der Waals surface area (Å²) in [5.74, 6) is 0.654. The number of aryl methyl sites for hydroxylation is 3. The van der Waals surface area contributed by atoms with Gasteiger partial charge in [0, 0.05) is 54.9 Å². The van der Waals surface area contributed by atoms with Gasteiger partial charge in [0.2, 0.25) is 0 Å². The Morgan fingerprint density at radius 2 is 0.935 bits per heavy atom. The Morgan fingerprint density at radius 1 is 0.506 bits per heavy atom. The number of rotatable bonds is 22. The van der Waals surface area contributed by atoms with Crippen LogP contribution in [0.4, 0.5) is 27.6 Å². The Kier molecular flexibility index (Phi) is 26.6. The number of benzene rings is 2. The van der Waals surface area contributed by atoms with Gasteiger partial charge in [0.05, 0.1) is 11.1 Å². The Hall–Kier alpha value is -7.32. The van der Waals surface area contributed by atoms with Crippen molar-refractivity contribution in [1.82, 2.24) is 44.6 Å². The van der Waals surface area contributed by atoms with Crippen LogP contribution in [0, 0.1) is 5.92 Å². The highest BCUT2D eigenvalue weighted by Gasteiger charge is 2.34. The summed E-state index contributed by atoms with van der Waals surface area (Å²) in [6.45, 7) is 7.67. The number of alkyl halides is 3. The molecule has 1 aliphatic carbocycles. The van der Waals surface area contributed by atoms with Crippen LogP contribution in [0.25, 0.3) is 11.1 Å². The molecule has 0 radical (unpaired) electrons. The second-order valence-electron chi connectivity index (χ2n) is 19.2. The van der Waals surface area contributed by atoms with Gasteiger partial charge in [0.15, 0.2) is 0 Å². The fraction of sp³-hybridized carbons (Fsp3) is 0.518. The molecular formula is C56H76F3N9O9. The van der Waals surface area contributed by atoms with Gasteiger partial charge in [0.25, 0.3) is 16.7 Å². The molecule has 1 aliphatic rings. The lowest BCUT2D eigenvalue weighted by Crippen LogP contribution is -2.41. The maximum atomic E-state index is 13.2. The third-order valence-corrected chi connectivity index (χ3v) is 13.1. The lowest BCUT2D eigenvalue weighted by Gasteiger charge is -2.21. The lowest BCUT2D eigenvalue weighted by atomic mass is 9.85. The maximum absolute atomic E-state index is 13.2. The van der Waals surface area contributed by atoms with Crippen LogP contribution in [0.3, 0.4) is 0 Å². The number of halogens is 3. The lowest BCUT2D eigenvalue weighted by molar-refractivity contribution is -0.137. The van der Waals surface area contributed by atoms with Crippen molar-refractivity contribution in [1.29, 1.82) is 0 Å². The fourth-order valence-corrected chi connectivity index (χ4v) is 8.71. The number of amides is 3. The van der Waals surface area contributed by atoms with Crippen molar-refractivity contribution < 1.29 is 27.6 Å². The minimum absolute atomic E-state index is 0.318. The molecule has 6 N–H and O–H groups in total. The van der Waals surface area contributed by atoms with Gasteiger partial charge < -0.3 is 16.0 Å². The first-order valence-electron chi connectivity index (χ1n) is 27.1. The molecule has 1 fully saturated rings. The van der Waals surface area contributed by atoms with E-state index in [1.165, 1.54) is 56.6 Å². The molecule has 0 aliphatic heterocycles. The van der Waals surface area contributed by atoms with Crippen molar-refractivity contribution in [2.45, 2.75) is 162 Å². The quantitative estimate of drug-likeness (QED) is 0.0361. The Labute approximate surface area is 445 Å². The summed E-state index contributed by atoms with van der Waals surface area (Å²) in [5.41, 5.74) is -4.00. The van der Waals surface area contributed by atoms with Crippen molar-refractivity contribution >= 4 is 18.1 Å². The van der Waals surface area contributed by atoms with Gasteiger partial charge in [-0.25, -0.2) is 42.5 Å². The number of hydrogen-bond donors (Lipinski definition) is 6. The third kappa shape index (κ3) is 21.0. The van der Waals surface area contributed by atoms with Crippen LogP contribution in [0.2, 0.25) is 0 Å². The van der Waals surface area contributed by atoms with Crippen molar-refractivity contribution in [3.8, 4) is 11.1 Å². The number of hydrogen-bond acceptors (Lipinski definition) is 9. The molecule has 18 nitrogen and oxygen atoms in total. The minimum atomic E-state index is -4.69. The van der Waals surface area contributed by atoms with Gasteiger partial charge in [-0.05, 0) is 62.5 Å². The van der Waals surface area contributed by atoms with Crippen LogP contribution >= 0.6 is 0 Å². The summed E-state index contributed by atoms with van der Waals surface area (Å²) >= 11 is 0. The zero-order chi connectivity index (χ0) is 56.2. The van der Waals surface area contributed by atoms with E-state index >= 15 is 0 Å². The third-order valence-electron chi connectivity index (χ3n) is 13.1. The second kappa shape index (κ2) is 33.0. The van der Waals surface area contributed by atoms with E-state index < -0.39 is 69.1 Å². The molecule has 2 aromatic carbocycles. The molecule has 420 valence electrons. The summed E-state index contributed by atoms with van der Waals surface area (Å²) in [7, 11) is 0. The van der Waals surface area contributed by atoms with Crippen LogP contribution in [-0.2, 0) is 25.4 Å². The number of aromatic amines is 3. The number of H-pyrrole nitrogens is 3. The monoisotopic (exact) mass is 1080 g/mol. The fourth-order valence-electron chi connectivity index (χ4n) is 8.71. The van der Waals surface area contributed by atoms with Crippen molar-refractivity contribution in [2.24, 2.45) is 5.92 Å². The average Bonchev–Trinajstić information content (AvgIpc) is 3.41. The first kappa shape index (κ1) is 62.2. The van der Waals surface area contributed by atoms with Gasteiger partial charge in [-0.3, -0.25) is 29.3 Å². The van der Waals surface area contributed by atoms with Gasteiger partial charge >= 0.3 is 41.3 Å². The van der Waals surface area contributed by atoms with Gasteiger partial charge in [-0.15, -0.1) is 0 Å². The van der Waals surface area contributed by atoms with E-state index in [1.807, 2.05) is 42.2 Å². The largest absolute Gasteiger partial charge is 0.417 e. The van der Waals surface area contributed by atoms with Crippen LogP contribution in [0.5, 0.6) is 0 Å². The van der Waals surface area contributed by atoms with Gasteiger partial charge in [-0.2, -0.15) is 13.2 Å². The van der Waals surface area contributed by atoms with Crippen LogP contribution in [-0.4, -0.2) is 66.4 Å². The summed E-state index contributed by atoms with van der Waals surface area (Å²) in [6, 6.07) is 12.5. The average molecular weight is 1080 g/mol. The van der Waals surface area contributed by atoms with E-state index in [-0.39, 0.29) is 5.56 Å². The number of unbranched alkanes of at least 4 members (excludes halogenated alkanes) is 9. The standard InChI is InChI=1S/C19H31N3O3.C19H25N3O3.C18H20F3N3O3/c2*1-2-3-4-8-13-20-18(24)22-14-16(17(23)21-19(22)25)12-11-15-9-6-5-7-10-15;1-2-3-4-7-10-22-16(26)24-11-13(15(25)23-17(24)27)12-8-5-6-9-14(12)18(19,20)21/h14-15H,2-13H2,1H3,(H,20,24)(H,21,23,25);5-7,9-10,14H,2-4,8,11-13H2,1H3,(H,20,24)(H,21,23,25);5-6,8-9,11H,2-4,7,10H2,1H3,(H,22,26)(H,23,25,27). The van der Waals surface area contributed by atoms with Crippen LogP contribution in [0.1, 0.15) is 159 Å². The number of carbonyl (C=O) groups excluding carboxylic acids is 3. The molecule has 21 heteroatoms. The number of aromatic nitrogens is 6. The smallest absolute Gasteiger partial charge is 0.337 e. The van der Waals surface area contributed by atoms with Crippen LogP contribution < -0.4 is 49.7 Å². The number of nitrogens with one attached hydrogen (secondary N) is 6. The second-order valence-corrected chi connectivity index (χ2v) is 19.2. The molecule has 0 atom stereocenters. The summed E-state index contributed by atoms with van der Waals surface area (Å²) < 4.78 is 42.2. The highest BCUT2D eigenvalue weighted by molar-refractivity contribution is 5.78. The van der Waals surface area contributed by atoms with E-state index in [0.29, 0.717) is 66.9 Å². The molecule has 0 spiro atoms. The van der Waals surface area contributed by atoms with Gasteiger partial charge in [-0.1, -0.05) is 159 Å². The van der Waals surface area contributed by atoms with E-state index in [2.05, 4.69) is 39.8 Å². The Balaban J connectivity index is 0.000000250. The number of nitrogens with zero attached hydrogens (tertiary/aromatic N) is 3. The highest BCUT2D eigenvalue weighted by Crippen LogP contribution is 2.35. The normalized spacial score (nSPS) is 12.4. The van der Waals surface area contributed by atoms with Crippen molar-refractivity contribution in [2.75, 3.05) is 19.6 Å². The van der Waals surface area contributed by atoms with Crippen molar-refractivity contribution in [3.05, 3.63) is 158 Å². The van der Waals surface area contributed by atoms with E-state index in [1.54, 1.807) is 0 Å². The predicted octanol–water partition coefficient (Wildman–Crippen LogP) is 9.01. The Bertz CT molecular complexity index is 3010. The molecule has 3 aromatic heterocycles. The molecule has 5 aromatic rings. The molecule has 1 saturated carbocycles. The number of carbonyl (C=O) groups is 3. The first-order valence-corrected chi connectivity index (χ1v) is 27.1. The molecule has 0 unspecified atom stereocenters.